The largest absolute Gasteiger partial charge is 0.417 e. The van der Waals surface area contributed by atoms with Crippen LogP contribution < -0.4 is 10.6 Å². The van der Waals surface area contributed by atoms with Crippen LogP contribution in [0.5, 0.6) is 0 Å². The van der Waals surface area contributed by atoms with E-state index in [1.807, 2.05) is 39.3 Å². The molecule has 0 aromatic heterocycles. The molecule has 0 unspecified atom stereocenters. The number of nitrogens with one attached hydrogen (secondary N) is 2. The Labute approximate surface area is 236 Å². The summed E-state index contributed by atoms with van der Waals surface area (Å²) in [4.78, 5) is 34.3. The van der Waals surface area contributed by atoms with Gasteiger partial charge in [-0.1, -0.05) is 56.6 Å². The van der Waals surface area contributed by atoms with Gasteiger partial charge in [-0.2, -0.15) is 26.3 Å². The number of hydrogen-bond acceptors (Lipinski definition) is 5. The Morgan fingerprint density at radius 1 is 0.756 bits per heavy atom. The minimum atomic E-state index is -4.66. The molecule has 0 aliphatic carbocycles. The molecule has 3 N–H and O–H groups in total. The van der Waals surface area contributed by atoms with Gasteiger partial charge in [-0.25, -0.2) is 0 Å². The van der Waals surface area contributed by atoms with E-state index >= 15 is 0 Å². The van der Waals surface area contributed by atoms with Crippen LogP contribution in [0.1, 0.15) is 47.8 Å². The molecule has 0 spiro atoms. The SMILES string of the molecule is C[Si](C)(C)CNC(=O)c1ccc(/C=N/O)c(C(F)(F)F)c1.C[Si](C)(C)CNC(=O)c1ccc(C=O)c(C(F)(F)F)c1. The molecule has 0 fully saturated rings. The fraction of sp³-hybridized carbons (Fsp3) is 0.385. The average Bonchev–Trinajstić information content (AvgIpc) is 2.84. The van der Waals surface area contributed by atoms with Crippen LogP contribution in [0.3, 0.4) is 0 Å². The Hall–Kier alpha value is -3.47. The summed E-state index contributed by atoms with van der Waals surface area (Å²) in [6, 6.07) is 6.08. The van der Waals surface area contributed by atoms with Crippen LogP contribution in [0.4, 0.5) is 26.3 Å². The number of carbonyl (C=O) groups is 3. The summed E-state index contributed by atoms with van der Waals surface area (Å²) in [5.74, 6) is -1.11. The van der Waals surface area contributed by atoms with Crippen molar-refractivity contribution in [3.05, 3.63) is 69.8 Å². The Morgan fingerprint density at radius 3 is 1.44 bits per heavy atom. The van der Waals surface area contributed by atoms with Gasteiger partial charge in [-0.05, 0) is 24.3 Å². The van der Waals surface area contributed by atoms with Crippen LogP contribution in [-0.4, -0.2) is 58.0 Å². The van der Waals surface area contributed by atoms with Crippen LogP contribution >= 0.6 is 0 Å². The maximum atomic E-state index is 12.9. The molecule has 0 atom stereocenters. The molecule has 0 radical (unpaired) electrons. The van der Waals surface area contributed by atoms with Gasteiger partial charge in [0.05, 0.1) is 33.5 Å². The third kappa shape index (κ3) is 12.3. The van der Waals surface area contributed by atoms with Crippen molar-refractivity contribution in [2.45, 2.75) is 51.6 Å². The molecule has 0 aliphatic heterocycles. The number of alkyl halides is 6. The van der Waals surface area contributed by atoms with E-state index < -0.39 is 57.0 Å². The second kappa shape index (κ2) is 13.9. The van der Waals surface area contributed by atoms with E-state index in [1.54, 1.807) is 0 Å². The Bertz CT molecular complexity index is 1270. The summed E-state index contributed by atoms with van der Waals surface area (Å²) in [6.07, 6.45) is -7.52. The van der Waals surface area contributed by atoms with Crippen LogP contribution in [0, 0.1) is 0 Å². The number of rotatable bonds is 8. The van der Waals surface area contributed by atoms with Crippen molar-refractivity contribution in [1.82, 2.24) is 10.6 Å². The zero-order chi connectivity index (χ0) is 31.8. The highest BCUT2D eigenvalue weighted by Gasteiger charge is 2.35. The summed E-state index contributed by atoms with van der Waals surface area (Å²) in [5, 5.41) is 16.3. The van der Waals surface area contributed by atoms with Crippen molar-refractivity contribution in [2.75, 3.05) is 12.3 Å². The van der Waals surface area contributed by atoms with Crippen molar-refractivity contribution in [3.8, 4) is 0 Å². The van der Waals surface area contributed by atoms with Crippen molar-refractivity contribution in [3.63, 3.8) is 0 Å². The van der Waals surface area contributed by atoms with Crippen molar-refractivity contribution < 1.29 is 45.9 Å². The fourth-order valence-corrected chi connectivity index (χ4v) is 4.44. The fourth-order valence-electron chi connectivity index (χ4n) is 3.06. The number of aldehydes is 1. The number of halogens is 6. The first-order valence-electron chi connectivity index (χ1n) is 12.2. The molecule has 226 valence electrons. The van der Waals surface area contributed by atoms with Crippen molar-refractivity contribution in [1.29, 1.82) is 0 Å². The van der Waals surface area contributed by atoms with Gasteiger partial charge in [0, 0.05) is 34.6 Å². The van der Waals surface area contributed by atoms with Gasteiger partial charge < -0.3 is 15.8 Å². The lowest BCUT2D eigenvalue weighted by Crippen LogP contribution is -2.39. The zero-order valence-electron chi connectivity index (χ0n) is 23.4. The third-order valence-electron chi connectivity index (χ3n) is 5.12. The highest BCUT2D eigenvalue weighted by molar-refractivity contribution is 6.76. The molecule has 2 aromatic rings. The molecule has 0 aliphatic rings. The maximum absolute atomic E-state index is 12.9. The van der Waals surface area contributed by atoms with E-state index in [1.165, 1.54) is 12.1 Å². The molecular formula is C26H33F6N3O4Si2. The number of nitrogens with zero attached hydrogens (tertiary/aromatic N) is 1. The van der Waals surface area contributed by atoms with E-state index in [4.69, 9.17) is 5.21 Å². The molecule has 0 heterocycles. The molecule has 7 nitrogen and oxygen atoms in total. The lowest BCUT2D eigenvalue weighted by Gasteiger charge is -2.17. The van der Waals surface area contributed by atoms with Gasteiger partial charge in [-0.3, -0.25) is 14.4 Å². The minimum absolute atomic E-state index is 0.0735. The Morgan fingerprint density at radius 2 is 1.12 bits per heavy atom. The maximum Gasteiger partial charge on any atom is 0.417 e. The van der Waals surface area contributed by atoms with Crippen LogP contribution in [0.25, 0.3) is 0 Å². The first-order chi connectivity index (χ1) is 18.6. The number of carbonyl (C=O) groups excluding carboxylic acids is 3. The number of benzene rings is 2. The molecule has 0 saturated carbocycles. The zero-order valence-corrected chi connectivity index (χ0v) is 25.4. The number of oxime groups is 1. The highest BCUT2D eigenvalue weighted by Crippen LogP contribution is 2.33. The first kappa shape index (κ1) is 35.6. The monoisotopic (exact) mass is 621 g/mol. The quantitative estimate of drug-likeness (QED) is 0.0810. The highest BCUT2D eigenvalue weighted by atomic mass is 28.3. The second-order valence-corrected chi connectivity index (χ2v) is 22.4. The van der Waals surface area contributed by atoms with E-state index in [9.17, 15) is 40.7 Å². The van der Waals surface area contributed by atoms with Gasteiger partial charge in [0.1, 0.15) is 0 Å². The molecule has 0 saturated heterocycles. The van der Waals surface area contributed by atoms with Gasteiger partial charge in [0.2, 0.25) is 0 Å². The first-order valence-corrected chi connectivity index (χ1v) is 19.6. The van der Waals surface area contributed by atoms with E-state index in [0.29, 0.717) is 24.6 Å². The molecule has 2 rings (SSSR count). The third-order valence-corrected chi connectivity index (χ3v) is 7.60. The summed E-state index contributed by atoms with van der Waals surface area (Å²) >= 11 is 0. The Kier molecular flexibility index (Phi) is 12.1. The normalized spacial score (nSPS) is 12.4. The van der Waals surface area contributed by atoms with Gasteiger partial charge in [0.15, 0.2) is 6.29 Å². The van der Waals surface area contributed by atoms with Crippen LogP contribution in [-0.2, 0) is 12.4 Å². The lowest BCUT2D eigenvalue weighted by molar-refractivity contribution is -0.138. The predicted molar refractivity (Wildman–Crippen MR) is 149 cm³/mol. The van der Waals surface area contributed by atoms with Crippen molar-refractivity contribution in [2.24, 2.45) is 5.16 Å². The smallest absolute Gasteiger partial charge is 0.411 e. The van der Waals surface area contributed by atoms with E-state index in [0.717, 1.165) is 18.2 Å². The Balaban J connectivity index is 0.000000410. The number of amides is 2. The summed E-state index contributed by atoms with van der Waals surface area (Å²) in [6.45, 7) is 12.2. The lowest BCUT2D eigenvalue weighted by atomic mass is 10.0. The van der Waals surface area contributed by atoms with Crippen molar-refractivity contribution >= 4 is 40.5 Å². The number of hydrogen-bond donors (Lipinski definition) is 3. The molecule has 2 aromatic carbocycles. The van der Waals surface area contributed by atoms with E-state index in [-0.39, 0.29) is 23.0 Å². The summed E-state index contributed by atoms with van der Waals surface area (Å²) in [5.41, 5.74) is -3.04. The second-order valence-electron chi connectivity index (χ2n) is 11.4. The molecule has 41 heavy (non-hydrogen) atoms. The van der Waals surface area contributed by atoms with Crippen LogP contribution in [0.15, 0.2) is 41.6 Å². The van der Waals surface area contributed by atoms with Crippen LogP contribution in [0.2, 0.25) is 39.3 Å². The average molecular weight is 622 g/mol. The van der Waals surface area contributed by atoms with Gasteiger partial charge in [0.25, 0.3) is 11.8 Å². The van der Waals surface area contributed by atoms with Gasteiger partial charge in [-0.15, -0.1) is 0 Å². The topological polar surface area (TPSA) is 108 Å². The summed E-state index contributed by atoms with van der Waals surface area (Å²) in [7, 11) is -3.07. The minimum Gasteiger partial charge on any atom is -0.411 e. The standard InChI is InChI=1S/C13H17F3N2O2Si.C13H16F3NO2Si/c1-21(2,3)8-17-12(19)9-4-5-10(7-18-20)11(6-9)13(14,15)16;1-20(2,3)8-17-12(19)9-4-5-10(7-18)11(6-9)13(14,15)16/h4-7,20H,8H2,1-3H3,(H,17,19);4-7H,8H2,1-3H3,(H,17,19)/b18-7+;. The van der Waals surface area contributed by atoms with Gasteiger partial charge >= 0.3 is 12.4 Å². The molecule has 15 heteroatoms. The predicted octanol–water partition coefficient (Wildman–Crippen LogP) is 6.25. The molecular weight excluding hydrogens is 588 g/mol. The molecule has 2 amide bonds. The van der Waals surface area contributed by atoms with E-state index in [2.05, 4.69) is 15.8 Å². The molecule has 0 bridgehead atoms. The summed E-state index contributed by atoms with van der Waals surface area (Å²) < 4.78 is 77.1.